The molecule has 39 heavy (non-hydrogen) atoms. The Kier molecular flexibility index (Phi) is 9.03. The molecule has 2 saturated heterocycles. The van der Waals surface area contributed by atoms with Gasteiger partial charge in [-0.2, -0.15) is 0 Å². The van der Waals surface area contributed by atoms with Crippen LogP contribution in [0, 0.1) is 10.1 Å². The Labute approximate surface area is 230 Å². The number of nitro groups is 1. The molecule has 4 rings (SSSR count). The number of non-ortho nitro benzene ring substituents is 1. The second kappa shape index (κ2) is 12.6. The van der Waals surface area contributed by atoms with Gasteiger partial charge in [-0.1, -0.05) is 18.2 Å². The van der Waals surface area contributed by atoms with Crippen LogP contribution in [0.3, 0.4) is 0 Å². The summed E-state index contributed by atoms with van der Waals surface area (Å²) in [4.78, 5) is 51.8. The molecule has 2 aromatic carbocycles. The van der Waals surface area contributed by atoms with Gasteiger partial charge in [0.25, 0.3) is 16.8 Å². The minimum absolute atomic E-state index is 0.0312. The van der Waals surface area contributed by atoms with Crippen LogP contribution in [0.2, 0.25) is 0 Å². The molecule has 0 aliphatic carbocycles. The fourth-order valence-corrected chi connectivity index (χ4v) is 5.31. The minimum Gasteiger partial charge on any atom is -0.493 e. The first-order chi connectivity index (χ1) is 18.8. The molecule has 2 aromatic rings. The van der Waals surface area contributed by atoms with E-state index in [2.05, 4.69) is 6.58 Å². The fraction of sp³-hybridized carbons (Fsp3) is 0.321. The van der Waals surface area contributed by atoms with Crippen molar-refractivity contribution in [3.63, 3.8) is 0 Å². The summed E-state index contributed by atoms with van der Waals surface area (Å²) in [6.07, 6.45) is 6.63. The van der Waals surface area contributed by atoms with Crippen LogP contribution in [0.1, 0.15) is 36.0 Å². The van der Waals surface area contributed by atoms with Crippen molar-refractivity contribution in [3.8, 4) is 11.5 Å². The van der Waals surface area contributed by atoms with Crippen LogP contribution in [0.4, 0.5) is 10.5 Å². The third kappa shape index (κ3) is 6.66. The average Bonchev–Trinajstić information content (AvgIpc) is 3.20. The summed E-state index contributed by atoms with van der Waals surface area (Å²) in [5, 5.41) is 10.6. The molecule has 0 spiro atoms. The zero-order valence-corrected chi connectivity index (χ0v) is 22.4. The number of carbonyl (C=O) groups is 3. The van der Waals surface area contributed by atoms with Crippen LogP contribution in [0.5, 0.6) is 11.5 Å². The lowest BCUT2D eigenvalue weighted by atomic mass is 10.0. The highest BCUT2D eigenvalue weighted by Crippen LogP contribution is 2.37. The first-order valence-corrected chi connectivity index (χ1v) is 13.3. The lowest BCUT2D eigenvalue weighted by Crippen LogP contribution is -2.44. The summed E-state index contributed by atoms with van der Waals surface area (Å²) in [6, 6.07) is 9.66. The number of ether oxygens (including phenoxy) is 2. The molecular formula is C28H29N3O7S. The molecule has 0 N–H and O–H groups in total. The molecule has 2 fully saturated rings. The maximum atomic E-state index is 13.0. The summed E-state index contributed by atoms with van der Waals surface area (Å²) in [5.74, 6) is 0.107. The number of methoxy groups -OCH3 is 1. The third-order valence-corrected chi connectivity index (χ3v) is 7.32. The number of thioether (sulfide) groups is 1. The molecule has 204 valence electrons. The van der Waals surface area contributed by atoms with Crippen molar-refractivity contribution in [2.24, 2.45) is 0 Å². The van der Waals surface area contributed by atoms with Gasteiger partial charge in [0.15, 0.2) is 11.5 Å². The standard InChI is InChI=1S/C28H29N3O7S/c1-3-8-21-13-20(15-23(37-2)26(21)38-18-19-9-7-10-22(14-19)31(35)36)16-24-27(33)30(28(34)39-24)17-25(32)29-11-5-4-6-12-29/h3,7,9-10,13-16H,1,4-6,8,11-12,17-18H2,2H3/b24-16-. The molecule has 10 nitrogen and oxygen atoms in total. The van der Waals surface area contributed by atoms with Crippen molar-refractivity contribution in [2.75, 3.05) is 26.7 Å². The Morgan fingerprint density at radius 1 is 1.18 bits per heavy atom. The molecule has 2 aliphatic rings. The monoisotopic (exact) mass is 551 g/mol. The molecule has 0 aromatic heterocycles. The minimum atomic E-state index is -0.509. The smallest absolute Gasteiger partial charge is 0.294 e. The van der Waals surface area contributed by atoms with E-state index >= 15 is 0 Å². The van der Waals surface area contributed by atoms with Gasteiger partial charge in [0, 0.05) is 30.8 Å². The summed E-state index contributed by atoms with van der Waals surface area (Å²) in [7, 11) is 1.48. The van der Waals surface area contributed by atoms with Crippen molar-refractivity contribution in [3.05, 3.63) is 80.8 Å². The Balaban J connectivity index is 1.54. The number of amides is 3. The van der Waals surface area contributed by atoms with E-state index in [1.165, 1.54) is 19.2 Å². The largest absolute Gasteiger partial charge is 0.493 e. The van der Waals surface area contributed by atoms with Crippen LogP contribution >= 0.6 is 11.8 Å². The molecule has 0 bridgehead atoms. The highest BCUT2D eigenvalue weighted by molar-refractivity contribution is 8.18. The summed E-state index contributed by atoms with van der Waals surface area (Å²) in [5.41, 5.74) is 1.92. The molecular weight excluding hydrogens is 522 g/mol. The van der Waals surface area contributed by atoms with Gasteiger partial charge in [0.1, 0.15) is 13.2 Å². The second-order valence-corrected chi connectivity index (χ2v) is 10.1. The van der Waals surface area contributed by atoms with Gasteiger partial charge >= 0.3 is 0 Å². The van der Waals surface area contributed by atoms with Crippen molar-refractivity contribution in [1.29, 1.82) is 0 Å². The van der Waals surface area contributed by atoms with Crippen LogP contribution in [-0.2, 0) is 22.6 Å². The fourth-order valence-electron chi connectivity index (χ4n) is 4.47. The van der Waals surface area contributed by atoms with Gasteiger partial charge < -0.3 is 14.4 Å². The van der Waals surface area contributed by atoms with Gasteiger partial charge in [-0.25, -0.2) is 0 Å². The Hall–Kier alpha value is -4.12. The highest BCUT2D eigenvalue weighted by atomic mass is 32.2. The maximum absolute atomic E-state index is 13.0. The number of likely N-dealkylation sites (tertiary alicyclic amines) is 1. The predicted octanol–water partition coefficient (Wildman–Crippen LogP) is 4.96. The number of benzene rings is 2. The van der Waals surface area contributed by atoms with Crippen LogP contribution in [-0.4, -0.2) is 58.5 Å². The predicted molar refractivity (Wildman–Crippen MR) is 147 cm³/mol. The molecule has 11 heteroatoms. The Morgan fingerprint density at radius 2 is 1.95 bits per heavy atom. The van der Waals surface area contributed by atoms with Gasteiger partial charge in [-0.3, -0.25) is 29.4 Å². The number of nitro benzene ring substituents is 1. The van der Waals surface area contributed by atoms with E-state index in [1.54, 1.807) is 41.3 Å². The number of carbonyl (C=O) groups excluding carboxylic acids is 3. The van der Waals surface area contributed by atoms with Crippen molar-refractivity contribution in [2.45, 2.75) is 32.3 Å². The number of rotatable bonds is 10. The molecule has 0 radical (unpaired) electrons. The number of allylic oxidation sites excluding steroid dienone is 1. The van der Waals surface area contributed by atoms with Crippen molar-refractivity contribution < 1.29 is 28.8 Å². The van der Waals surface area contributed by atoms with E-state index < -0.39 is 16.1 Å². The van der Waals surface area contributed by atoms with Gasteiger partial charge in [0.2, 0.25) is 5.91 Å². The normalized spacial score (nSPS) is 16.5. The molecule has 2 heterocycles. The number of hydrogen-bond donors (Lipinski definition) is 0. The first-order valence-electron chi connectivity index (χ1n) is 12.5. The number of nitrogens with zero attached hydrogens (tertiary/aromatic N) is 3. The van der Waals surface area contributed by atoms with E-state index in [0.717, 1.165) is 41.5 Å². The topological polar surface area (TPSA) is 119 Å². The van der Waals surface area contributed by atoms with E-state index in [9.17, 15) is 24.5 Å². The van der Waals surface area contributed by atoms with Gasteiger partial charge in [-0.05, 0) is 66.8 Å². The number of hydrogen-bond acceptors (Lipinski definition) is 8. The molecule has 0 unspecified atom stereocenters. The molecule has 0 saturated carbocycles. The van der Waals surface area contributed by atoms with Crippen molar-refractivity contribution in [1.82, 2.24) is 9.80 Å². The lowest BCUT2D eigenvalue weighted by molar-refractivity contribution is -0.384. The van der Waals surface area contributed by atoms with Crippen LogP contribution in [0.25, 0.3) is 6.08 Å². The number of piperidine rings is 1. The van der Waals surface area contributed by atoms with E-state index in [0.29, 0.717) is 42.1 Å². The van der Waals surface area contributed by atoms with Crippen LogP contribution < -0.4 is 9.47 Å². The summed E-state index contributed by atoms with van der Waals surface area (Å²) in [6.45, 7) is 4.90. The summed E-state index contributed by atoms with van der Waals surface area (Å²) < 4.78 is 11.6. The van der Waals surface area contributed by atoms with Crippen molar-refractivity contribution >= 4 is 40.6 Å². The van der Waals surface area contributed by atoms with Crippen LogP contribution in [0.15, 0.2) is 54.0 Å². The Bertz CT molecular complexity index is 1330. The lowest BCUT2D eigenvalue weighted by Gasteiger charge is -2.27. The maximum Gasteiger partial charge on any atom is 0.294 e. The summed E-state index contributed by atoms with van der Waals surface area (Å²) >= 11 is 0.794. The first kappa shape index (κ1) is 27.9. The van der Waals surface area contributed by atoms with E-state index in [1.807, 2.05) is 0 Å². The third-order valence-electron chi connectivity index (χ3n) is 6.42. The average molecular weight is 552 g/mol. The van der Waals surface area contributed by atoms with E-state index in [4.69, 9.17) is 9.47 Å². The van der Waals surface area contributed by atoms with E-state index in [-0.39, 0.29) is 29.7 Å². The number of imide groups is 1. The highest BCUT2D eigenvalue weighted by Gasteiger charge is 2.37. The molecule has 2 aliphatic heterocycles. The SMILES string of the molecule is C=CCc1cc(/C=C2\SC(=O)N(CC(=O)N3CCCCC3)C2=O)cc(OC)c1OCc1cccc([N+](=O)[O-])c1. The zero-order chi connectivity index (χ0) is 27.9. The van der Waals surface area contributed by atoms with Gasteiger partial charge in [-0.15, -0.1) is 6.58 Å². The second-order valence-electron chi connectivity index (χ2n) is 9.13. The molecule has 0 atom stereocenters. The molecule has 3 amide bonds. The van der Waals surface area contributed by atoms with Gasteiger partial charge in [0.05, 0.1) is 16.9 Å². The zero-order valence-electron chi connectivity index (χ0n) is 21.6. The quantitative estimate of drug-likeness (QED) is 0.176. The Morgan fingerprint density at radius 3 is 2.64 bits per heavy atom.